The summed E-state index contributed by atoms with van der Waals surface area (Å²) in [5, 5.41) is 14.9. The molecule has 1 aromatic rings. The predicted molar refractivity (Wildman–Crippen MR) is 80.5 cm³/mol. The zero-order chi connectivity index (χ0) is 15.2. The van der Waals surface area contributed by atoms with Crippen LogP contribution in [0.5, 0.6) is 5.75 Å². The summed E-state index contributed by atoms with van der Waals surface area (Å²) >= 11 is 0. The fraction of sp³-hybridized carbons (Fsp3) is 0.800. The van der Waals surface area contributed by atoms with Gasteiger partial charge >= 0.3 is 0 Å². The molecule has 6 nitrogen and oxygen atoms in total. The Morgan fingerprint density at radius 3 is 3.00 bits per heavy atom. The minimum atomic E-state index is -0.561. The number of likely N-dealkylation sites (N-methyl/N-ethyl adjacent to an activating group) is 1. The van der Waals surface area contributed by atoms with Crippen LogP contribution in [0.2, 0.25) is 0 Å². The van der Waals surface area contributed by atoms with Gasteiger partial charge in [0.2, 0.25) is 0 Å². The van der Waals surface area contributed by atoms with Gasteiger partial charge in [-0.3, -0.25) is 4.68 Å². The van der Waals surface area contributed by atoms with E-state index in [1.165, 1.54) is 0 Å². The van der Waals surface area contributed by atoms with E-state index in [1.54, 1.807) is 13.3 Å². The Labute approximate surface area is 126 Å². The van der Waals surface area contributed by atoms with Gasteiger partial charge in [0.25, 0.3) is 0 Å². The van der Waals surface area contributed by atoms with Crippen molar-refractivity contribution in [3.05, 3.63) is 11.9 Å². The first-order chi connectivity index (χ1) is 10.1. The Morgan fingerprint density at radius 1 is 1.57 bits per heavy atom. The van der Waals surface area contributed by atoms with E-state index in [0.29, 0.717) is 18.3 Å². The van der Waals surface area contributed by atoms with E-state index in [-0.39, 0.29) is 0 Å². The van der Waals surface area contributed by atoms with Crippen LogP contribution in [0.1, 0.15) is 37.5 Å². The van der Waals surface area contributed by atoms with Crippen molar-refractivity contribution in [1.29, 1.82) is 0 Å². The Hall–Kier alpha value is -1.11. The van der Waals surface area contributed by atoms with Crippen molar-refractivity contribution in [1.82, 2.24) is 14.7 Å². The molecule has 2 rings (SSSR count). The molecule has 0 radical (unpaired) electrons. The van der Waals surface area contributed by atoms with E-state index in [0.717, 1.165) is 44.7 Å². The van der Waals surface area contributed by atoms with Crippen LogP contribution in [-0.4, -0.2) is 60.2 Å². The molecule has 1 fully saturated rings. The molecule has 0 bridgehead atoms. The molecule has 21 heavy (non-hydrogen) atoms. The summed E-state index contributed by atoms with van der Waals surface area (Å²) in [6.07, 6.45) is 5.20. The van der Waals surface area contributed by atoms with Gasteiger partial charge in [-0.25, -0.2) is 0 Å². The molecule has 0 saturated carbocycles. The Kier molecular flexibility index (Phi) is 6.02. The van der Waals surface area contributed by atoms with Gasteiger partial charge in [0.1, 0.15) is 5.69 Å². The van der Waals surface area contributed by atoms with Gasteiger partial charge in [-0.15, -0.1) is 0 Å². The van der Waals surface area contributed by atoms with E-state index in [1.807, 2.05) is 18.8 Å². The molecule has 6 heteroatoms. The number of aliphatic hydroxyl groups is 1. The first-order valence-corrected chi connectivity index (χ1v) is 7.66. The Balaban J connectivity index is 1.98. The first kappa shape index (κ1) is 16.3. The van der Waals surface area contributed by atoms with Crippen LogP contribution < -0.4 is 4.74 Å². The van der Waals surface area contributed by atoms with Crippen molar-refractivity contribution in [2.45, 2.75) is 44.4 Å². The molecule has 1 aliphatic heterocycles. The third kappa shape index (κ3) is 4.43. The highest BCUT2D eigenvalue weighted by atomic mass is 16.5. The maximum absolute atomic E-state index is 10.5. The SMILES string of the molecule is COc1cnn(CCN(C)C)c1C(O)CCC1CCCO1. The van der Waals surface area contributed by atoms with E-state index in [2.05, 4.69) is 10.00 Å². The zero-order valence-electron chi connectivity index (χ0n) is 13.3. The average Bonchev–Trinajstić information content (AvgIpc) is 3.11. The number of aromatic nitrogens is 2. The second kappa shape index (κ2) is 7.77. The minimum Gasteiger partial charge on any atom is -0.493 e. The highest BCUT2D eigenvalue weighted by Gasteiger charge is 2.23. The lowest BCUT2D eigenvalue weighted by Gasteiger charge is -2.18. The monoisotopic (exact) mass is 297 g/mol. The van der Waals surface area contributed by atoms with Crippen molar-refractivity contribution in [3.8, 4) is 5.75 Å². The minimum absolute atomic E-state index is 0.295. The smallest absolute Gasteiger partial charge is 0.162 e. The summed E-state index contributed by atoms with van der Waals surface area (Å²) in [4.78, 5) is 2.09. The van der Waals surface area contributed by atoms with Crippen LogP contribution in [0.4, 0.5) is 0 Å². The van der Waals surface area contributed by atoms with Crippen LogP contribution in [0.3, 0.4) is 0 Å². The predicted octanol–water partition coefficient (Wildman–Crippen LogP) is 1.45. The summed E-state index contributed by atoms with van der Waals surface area (Å²) in [5.74, 6) is 0.661. The molecule has 1 aliphatic rings. The van der Waals surface area contributed by atoms with Gasteiger partial charge in [0.15, 0.2) is 5.75 Å². The summed E-state index contributed by atoms with van der Waals surface area (Å²) in [6, 6.07) is 0. The lowest BCUT2D eigenvalue weighted by atomic mass is 10.1. The molecule has 1 N–H and O–H groups in total. The van der Waals surface area contributed by atoms with Gasteiger partial charge in [0, 0.05) is 13.2 Å². The number of rotatable bonds is 8. The second-order valence-corrected chi connectivity index (χ2v) is 5.85. The largest absolute Gasteiger partial charge is 0.493 e. The summed E-state index contributed by atoms with van der Waals surface area (Å²) < 4.78 is 12.8. The first-order valence-electron chi connectivity index (χ1n) is 7.66. The second-order valence-electron chi connectivity index (χ2n) is 5.85. The van der Waals surface area contributed by atoms with Gasteiger partial charge in [0.05, 0.1) is 32.1 Å². The van der Waals surface area contributed by atoms with Crippen LogP contribution in [0.25, 0.3) is 0 Å². The van der Waals surface area contributed by atoms with E-state index < -0.39 is 6.10 Å². The van der Waals surface area contributed by atoms with Crippen LogP contribution in [0, 0.1) is 0 Å². The maximum Gasteiger partial charge on any atom is 0.162 e. The zero-order valence-corrected chi connectivity index (χ0v) is 13.3. The summed E-state index contributed by atoms with van der Waals surface area (Å²) in [6.45, 7) is 2.46. The molecule has 0 spiro atoms. The quantitative estimate of drug-likeness (QED) is 0.787. The van der Waals surface area contributed by atoms with Crippen molar-refractivity contribution in [2.75, 3.05) is 34.4 Å². The van der Waals surface area contributed by atoms with E-state index in [9.17, 15) is 5.11 Å². The van der Waals surface area contributed by atoms with Crippen LogP contribution in [-0.2, 0) is 11.3 Å². The lowest BCUT2D eigenvalue weighted by molar-refractivity contribution is 0.0779. The van der Waals surface area contributed by atoms with Crippen molar-refractivity contribution in [3.63, 3.8) is 0 Å². The normalized spacial score (nSPS) is 20.1. The highest BCUT2D eigenvalue weighted by Crippen LogP contribution is 2.30. The number of aliphatic hydroxyl groups excluding tert-OH is 1. The Bertz CT molecular complexity index is 428. The Morgan fingerprint density at radius 2 is 2.38 bits per heavy atom. The number of ether oxygens (including phenoxy) is 2. The fourth-order valence-electron chi connectivity index (χ4n) is 2.70. The number of methoxy groups -OCH3 is 1. The number of nitrogens with zero attached hydrogens (tertiary/aromatic N) is 3. The maximum atomic E-state index is 10.5. The van der Waals surface area contributed by atoms with Crippen LogP contribution >= 0.6 is 0 Å². The fourth-order valence-corrected chi connectivity index (χ4v) is 2.70. The topological polar surface area (TPSA) is 59.8 Å². The molecule has 0 aliphatic carbocycles. The molecule has 120 valence electrons. The van der Waals surface area contributed by atoms with Gasteiger partial charge in [-0.2, -0.15) is 5.10 Å². The molecular weight excluding hydrogens is 270 g/mol. The number of hydrogen-bond acceptors (Lipinski definition) is 5. The lowest BCUT2D eigenvalue weighted by Crippen LogP contribution is -2.21. The standard InChI is InChI=1S/C15H27N3O3/c1-17(2)8-9-18-15(14(20-3)11-16-18)13(19)7-6-12-5-4-10-21-12/h11-13,19H,4-10H2,1-3H3. The third-order valence-corrected chi connectivity index (χ3v) is 3.93. The molecule has 1 saturated heterocycles. The summed E-state index contributed by atoms with van der Waals surface area (Å²) in [5.41, 5.74) is 0.775. The van der Waals surface area contributed by atoms with E-state index >= 15 is 0 Å². The average molecular weight is 297 g/mol. The molecule has 2 heterocycles. The van der Waals surface area contributed by atoms with Crippen LogP contribution in [0.15, 0.2) is 6.20 Å². The van der Waals surface area contributed by atoms with Crippen molar-refractivity contribution < 1.29 is 14.6 Å². The number of hydrogen-bond donors (Lipinski definition) is 1. The molecular formula is C15H27N3O3. The third-order valence-electron chi connectivity index (χ3n) is 3.93. The molecule has 2 unspecified atom stereocenters. The highest BCUT2D eigenvalue weighted by molar-refractivity contribution is 5.27. The van der Waals surface area contributed by atoms with Gasteiger partial charge < -0.3 is 19.5 Å². The van der Waals surface area contributed by atoms with Crippen molar-refractivity contribution in [2.24, 2.45) is 0 Å². The van der Waals surface area contributed by atoms with Gasteiger partial charge in [-0.05, 0) is 39.8 Å². The molecule has 2 atom stereocenters. The molecule has 0 amide bonds. The van der Waals surface area contributed by atoms with Crippen molar-refractivity contribution >= 4 is 0 Å². The summed E-state index contributed by atoms with van der Waals surface area (Å²) in [7, 11) is 5.66. The molecule has 0 aromatic carbocycles. The van der Waals surface area contributed by atoms with E-state index in [4.69, 9.17) is 9.47 Å². The van der Waals surface area contributed by atoms with Gasteiger partial charge in [-0.1, -0.05) is 0 Å². The molecule has 1 aromatic heterocycles.